The van der Waals surface area contributed by atoms with Crippen molar-refractivity contribution in [3.05, 3.63) is 65.2 Å². The first kappa shape index (κ1) is 33.7. The number of amides is 1. The number of ether oxygens (including phenoxy) is 2. The van der Waals surface area contributed by atoms with Gasteiger partial charge in [0.15, 0.2) is 24.7 Å². The van der Waals surface area contributed by atoms with Gasteiger partial charge in [0, 0.05) is 31.2 Å². The monoisotopic (exact) mass is 626 g/mol. The number of nitrogens with zero attached hydrogens (tertiary/aromatic N) is 2. The van der Waals surface area contributed by atoms with Crippen molar-refractivity contribution in [1.29, 1.82) is 0 Å². The first-order valence-electron chi connectivity index (χ1n) is 15.1. The molecule has 1 saturated carbocycles. The molecule has 0 aromatic heterocycles. The van der Waals surface area contributed by atoms with E-state index in [1.807, 2.05) is 43.3 Å². The molecule has 2 aromatic carbocycles. The Morgan fingerprint density at radius 2 is 1.55 bits per heavy atom. The highest BCUT2D eigenvalue weighted by Crippen LogP contribution is 2.33. The first-order chi connectivity index (χ1) is 20.9. The molecule has 0 spiro atoms. The molecule has 1 unspecified atom stereocenters. The molecule has 1 amide bonds. The third-order valence-electron chi connectivity index (χ3n) is 8.06. The van der Waals surface area contributed by atoms with Gasteiger partial charge in [-0.05, 0) is 68.8 Å². The summed E-state index contributed by atoms with van der Waals surface area (Å²) in [4.78, 5) is 18.1. The lowest BCUT2D eigenvalue weighted by Gasteiger charge is -2.34. The molecule has 5 nitrogen and oxygen atoms in total. The van der Waals surface area contributed by atoms with Crippen LogP contribution in [0.25, 0.3) is 6.08 Å². The molecule has 242 valence electrons. The van der Waals surface area contributed by atoms with E-state index in [4.69, 9.17) is 9.47 Å². The molecule has 1 saturated heterocycles. The van der Waals surface area contributed by atoms with Crippen LogP contribution in [-0.2, 0) is 0 Å². The highest BCUT2D eigenvalue weighted by atomic mass is 19.4. The predicted molar refractivity (Wildman–Crippen MR) is 157 cm³/mol. The largest absolute Gasteiger partial charge is 0.480 e. The SMILES string of the molecule is CC(=Cc1ccccc1)CN(CC1CCCN1CC1CCCCC1)C(=O)c1ccc(OCC(F)(F)F)c(OCC(F)(F)F)c1. The number of alkyl halides is 6. The van der Waals surface area contributed by atoms with E-state index in [9.17, 15) is 31.1 Å². The Bertz CT molecular complexity index is 1240. The molecule has 2 aromatic rings. The molecule has 0 bridgehead atoms. The zero-order chi connectivity index (χ0) is 31.7. The lowest BCUT2D eigenvalue weighted by atomic mass is 9.89. The lowest BCUT2D eigenvalue weighted by Crippen LogP contribution is -2.45. The van der Waals surface area contributed by atoms with E-state index < -0.39 is 43.0 Å². The number of hydrogen-bond donors (Lipinski definition) is 0. The molecule has 4 rings (SSSR count). The van der Waals surface area contributed by atoms with Crippen LogP contribution in [0.4, 0.5) is 26.3 Å². The Morgan fingerprint density at radius 3 is 2.20 bits per heavy atom. The van der Waals surface area contributed by atoms with Crippen molar-refractivity contribution in [3.63, 3.8) is 0 Å². The second-order valence-electron chi connectivity index (χ2n) is 11.9. The van der Waals surface area contributed by atoms with Crippen LogP contribution in [0.5, 0.6) is 11.5 Å². The normalized spacial score (nSPS) is 18.8. The molecule has 1 atom stereocenters. The molecule has 1 heterocycles. The fourth-order valence-electron chi connectivity index (χ4n) is 6.07. The van der Waals surface area contributed by atoms with Crippen molar-refractivity contribution in [1.82, 2.24) is 9.80 Å². The lowest BCUT2D eigenvalue weighted by molar-refractivity contribution is -0.158. The van der Waals surface area contributed by atoms with Crippen molar-refractivity contribution in [3.8, 4) is 11.5 Å². The molecule has 0 N–H and O–H groups in total. The van der Waals surface area contributed by atoms with Crippen molar-refractivity contribution in [2.45, 2.75) is 70.3 Å². The summed E-state index contributed by atoms with van der Waals surface area (Å²) in [5, 5.41) is 0. The molecule has 44 heavy (non-hydrogen) atoms. The van der Waals surface area contributed by atoms with Crippen molar-refractivity contribution in [2.24, 2.45) is 5.92 Å². The molecule has 1 aliphatic heterocycles. The number of carbonyl (C=O) groups excluding carboxylic acids is 1. The minimum Gasteiger partial charge on any atom is -0.480 e. The summed E-state index contributed by atoms with van der Waals surface area (Å²) in [6.45, 7) is 1.07. The third-order valence-corrected chi connectivity index (χ3v) is 8.06. The van der Waals surface area contributed by atoms with Crippen LogP contribution in [-0.4, -0.2) is 73.5 Å². The number of rotatable bonds is 12. The van der Waals surface area contributed by atoms with Crippen molar-refractivity contribution in [2.75, 3.05) is 39.4 Å². The average molecular weight is 627 g/mol. The maximum Gasteiger partial charge on any atom is 0.422 e. The maximum atomic E-state index is 14.0. The standard InChI is InChI=1S/C33H40F6N2O3/c1-24(17-25-9-4-2-5-10-25)19-41(21-28-13-8-16-40(28)20-26-11-6-3-7-12-26)31(42)27-14-15-29(43-22-32(34,35)36)30(18-27)44-23-33(37,38)39/h2,4-5,9-10,14-15,17-18,26,28H,3,6-8,11-13,16,19-23H2,1H3. The fraction of sp³-hybridized carbons (Fsp3) is 0.545. The van der Waals surface area contributed by atoms with Gasteiger partial charge in [-0.15, -0.1) is 0 Å². The van der Waals surface area contributed by atoms with E-state index in [0.717, 1.165) is 49.2 Å². The van der Waals surface area contributed by atoms with Gasteiger partial charge >= 0.3 is 12.4 Å². The summed E-state index contributed by atoms with van der Waals surface area (Å²) in [6.07, 6.45) is 0.600. The minimum atomic E-state index is -4.74. The van der Waals surface area contributed by atoms with E-state index in [2.05, 4.69) is 4.90 Å². The van der Waals surface area contributed by atoms with Crippen molar-refractivity contribution < 1.29 is 40.6 Å². The van der Waals surface area contributed by atoms with Crippen LogP contribution in [0.15, 0.2) is 54.1 Å². The highest BCUT2D eigenvalue weighted by Gasteiger charge is 2.33. The quantitative estimate of drug-likeness (QED) is 0.223. The number of carbonyl (C=O) groups is 1. The van der Waals surface area contributed by atoms with Gasteiger partial charge in [-0.25, -0.2) is 0 Å². The summed E-state index contributed by atoms with van der Waals surface area (Å²) in [7, 11) is 0. The Balaban J connectivity index is 1.59. The number of benzene rings is 2. The van der Waals surface area contributed by atoms with Gasteiger partial charge in [-0.3, -0.25) is 9.69 Å². The third kappa shape index (κ3) is 10.7. The van der Waals surface area contributed by atoms with Gasteiger partial charge in [-0.2, -0.15) is 26.3 Å². The van der Waals surface area contributed by atoms with E-state index in [-0.39, 0.29) is 18.2 Å². The van der Waals surface area contributed by atoms with E-state index in [1.54, 1.807) is 4.90 Å². The predicted octanol–water partition coefficient (Wildman–Crippen LogP) is 8.16. The molecule has 2 aliphatic rings. The topological polar surface area (TPSA) is 42.0 Å². The Morgan fingerprint density at radius 1 is 0.886 bits per heavy atom. The first-order valence-corrected chi connectivity index (χ1v) is 15.1. The molecule has 0 radical (unpaired) electrons. The van der Waals surface area contributed by atoms with Crippen LogP contribution in [0, 0.1) is 5.92 Å². The average Bonchev–Trinajstić information content (AvgIpc) is 3.40. The highest BCUT2D eigenvalue weighted by molar-refractivity contribution is 5.95. The van der Waals surface area contributed by atoms with E-state index in [0.29, 0.717) is 12.5 Å². The smallest absolute Gasteiger partial charge is 0.422 e. The van der Waals surface area contributed by atoms with Gasteiger partial charge in [0.2, 0.25) is 0 Å². The second kappa shape index (κ2) is 15.2. The van der Waals surface area contributed by atoms with Crippen LogP contribution in [0.1, 0.15) is 67.8 Å². The summed E-state index contributed by atoms with van der Waals surface area (Å²) in [6, 6.07) is 13.1. The van der Waals surface area contributed by atoms with Crippen LogP contribution >= 0.6 is 0 Å². The van der Waals surface area contributed by atoms with Crippen molar-refractivity contribution >= 4 is 12.0 Å². The van der Waals surface area contributed by atoms with Gasteiger partial charge in [0.25, 0.3) is 5.91 Å². The van der Waals surface area contributed by atoms with E-state index >= 15 is 0 Å². The van der Waals surface area contributed by atoms with E-state index in [1.165, 1.54) is 38.2 Å². The Kier molecular flexibility index (Phi) is 11.6. The molecular weight excluding hydrogens is 586 g/mol. The molecule has 11 heteroatoms. The zero-order valence-electron chi connectivity index (χ0n) is 24.9. The van der Waals surface area contributed by atoms with Gasteiger partial charge in [0.05, 0.1) is 0 Å². The van der Waals surface area contributed by atoms with Crippen LogP contribution in [0.3, 0.4) is 0 Å². The van der Waals surface area contributed by atoms with Gasteiger partial charge in [-0.1, -0.05) is 61.2 Å². The Hall–Kier alpha value is -3.21. The van der Waals surface area contributed by atoms with Crippen LogP contribution < -0.4 is 9.47 Å². The number of hydrogen-bond acceptors (Lipinski definition) is 4. The summed E-state index contributed by atoms with van der Waals surface area (Å²) in [5.74, 6) is -0.918. The minimum absolute atomic E-state index is 0.00544. The molecule has 1 aliphatic carbocycles. The molecular formula is C33H40F6N2O3. The maximum absolute atomic E-state index is 14.0. The number of halogens is 6. The van der Waals surface area contributed by atoms with Crippen LogP contribution in [0.2, 0.25) is 0 Å². The summed E-state index contributed by atoms with van der Waals surface area (Å²) in [5.41, 5.74) is 1.87. The van der Waals surface area contributed by atoms with Gasteiger partial charge < -0.3 is 14.4 Å². The number of likely N-dealkylation sites (tertiary alicyclic amines) is 1. The zero-order valence-corrected chi connectivity index (χ0v) is 24.9. The summed E-state index contributed by atoms with van der Waals surface area (Å²) < 4.78 is 86.8. The summed E-state index contributed by atoms with van der Waals surface area (Å²) >= 11 is 0. The Labute approximate surface area is 254 Å². The molecule has 2 fully saturated rings. The fourth-order valence-corrected chi connectivity index (χ4v) is 6.07. The second-order valence-corrected chi connectivity index (χ2v) is 11.9. The van der Waals surface area contributed by atoms with Gasteiger partial charge in [0.1, 0.15) is 0 Å².